The van der Waals surface area contributed by atoms with E-state index >= 15 is 0 Å². The molecule has 1 aliphatic heterocycles. The molecule has 5 rings (SSSR count). The standard InChI is InChI=1S/C33H44F3N7O3Si/c1-21-26(19-43(41-21)20-45-13-14-47(5,6)7)22-10-11-24-25(16-37-28(24)15-22)29-27(33(34,35)36)17-38-30(40-29)39-23-9-8-12-42(18-23)31(44)46-32(2,3)4/h10-11,15-17,19,23,37H,8-9,12-14,18,20H2,1-7H3,(H,38,39,40)/t23-/m0/s1. The van der Waals surface area contributed by atoms with Crippen LogP contribution in [0, 0.1) is 6.92 Å². The molecule has 0 saturated carbocycles. The average Bonchev–Trinajstić information content (AvgIpc) is 3.56. The molecular formula is C33H44F3N7O3Si. The lowest BCUT2D eigenvalue weighted by Crippen LogP contribution is -2.47. The van der Waals surface area contributed by atoms with Gasteiger partial charge in [-0.15, -0.1) is 0 Å². The topological polar surface area (TPSA) is 110 Å². The molecule has 47 heavy (non-hydrogen) atoms. The van der Waals surface area contributed by atoms with Gasteiger partial charge in [-0.25, -0.2) is 19.4 Å². The molecule has 1 amide bonds. The summed E-state index contributed by atoms with van der Waals surface area (Å²) in [4.78, 5) is 25.8. The molecular weight excluding hydrogens is 627 g/mol. The smallest absolute Gasteiger partial charge is 0.419 e. The Bertz CT molecular complexity index is 1720. The molecule has 2 N–H and O–H groups in total. The van der Waals surface area contributed by atoms with Crippen molar-refractivity contribution in [3.8, 4) is 22.4 Å². The first-order valence-electron chi connectivity index (χ1n) is 15.9. The van der Waals surface area contributed by atoms with E-state index in [9.17, 15) is 18.0 Å². The first kappa shape index (κ1) is 34.4. The van der Waals surface area contributed by atoms with Crippen LogP contribution in [0.1, 0.15) is 44.9 Å². The molecule has 0 spiro atoms. The second-order valence-corrected chi connectivity index (χ2v) is 20.0. The van der Waals surface area contributed by atoms with Gasteiger partial charge < -0.3 is 24.7 Å². The number of anilines is 1. The molecule has 4 heterocycles. The molecule has 1 saturated heterocycles. The zero-order chi connectivity index (χ0) is 34.1. The number of fused-ring (bicyclic) bond motifs is 1. The number of alkyl halides is 3. The third kappa shape index (κ3) is 8.72. The number of carbonyl (C=O) groups excluding carboxylic acids is 1. The lowest BCUT2D eigenvalue weighted by Gasteiger charge is -2.34. The number of aromatic amines is 1. The van der Waals surface area contributed by atoms with Gasteiger partial charge in [0.2, 0.25) is 5.95 Å². The van der Waals surface area contributed by atoms with Crippen molar-refractivity contribution in [2.75, 3.05) is 25.0 Å². The Morgan fingerprint density at radius 2 is 1.94 bits per heavy atom. The maximum atomic E-state index is 14.2. The van der Waals surface area contributed by atoms with Crippen LogP contribution >= 0.6 is 0 Å². The first-order chi connectivity index (χ1) is 22.0. The van der Waals surface area contributed by atoms with E-state index in [0.717, 1.165) is 29.1 Å². The Morgan fingerprint density at radius 3 is 2.64 bits per heavy atom. The Balaban J connectivity index is 1.37. The summed E-state index contributed by atoms with van der Waals surface area (Å²) in [5.41, 5.74) is 1.80. The van der Waals surface area contributed by atoms with Crippen molar-refractivity contribution in [2.24, 2.45) is 0 Å². The fourth-order valence-corrected chi connectivity index (χ4v) is 6.28. The summed E-state index contributed by atoms with van der Waals surface area (Å²) in [6, 6.07) is 6.40. The molecule has 1 aliphatic rings. The lowest BCUT2D eigenvalue weighted by atomic mass is 10.0. The summed E-state index contributed by atoms with van der Waals surface area (Å²) in [7, 11) is -1.19. The fraction of sp³-hybridized carbons (Fsp3) is 0.515. The van der Waals surface area contributed by atoms with E-state index in [2.05, 4.69) is 45.0 Å². The van der Waals surface area contributed by atoms with Crippen molar-refractivity contribution in [3.63, 3.8) is 0 Å². The second-order valence-electron chi connectivity index (χ2n) is 14.3. The number of ether oxygens (including phenoxy) is 2. The molecule has 14 heteroatoms. The maximum absolute atomic E-state index is 14.2. The number of aryl methyl sites for hydroxylation is 1. The number of rotatable bonds is 9. The predicted octanol–water partition coefficient (Wildman–Crippen LogP) is 7.94. The molecule has 0 radical (unpaired) electrons. The maximum Gasteiger partial charge on any atom is 0.419 e. The molecule has 254 valence electrons. The number of aromatic nitrogens is 5. The van der Waals surface area contributed by atoms with E-state index < -0.39 is 31.5 Å². The Morgan fingerprint density at radius 1 is 1.17 bits per heavy atom. The number of hydrogen-bond acceptors (Lipinski definition) is 7. The molecule has 1 atom stereocenters. The van der Waals surface area contributed by atoms with Crippen molar-refractivity contribution in [1.29, 1.82) is 0 Å². The van der Waals surface area contributed by atoms with Crippen LogP contribution in [0.2, 0.25) is 25.7 Å². The minimum Gasteiger partial charge on any atom is -0.444 e. The summed E-state index contributed by atoms with van der Waals surface area (Å²) in [5.74, 6) is 0.0603. The van der Waals surface area contributed by atoms with E-state index in [1.54, 1.807) is 42.6 Å². The van der Waals surface area contributed by atoms with E-state index in [1.807, 2.05) is 25.3 Å². The van der Waals surface area contributed by atoms with Crippen LogP contribution in [-0.4, -0.2) is 75.1 Å². The van der Waals surface area contributed by atoms with Crippen LogP contribution in [-0.2, 0) is 22.4 Å². The highest BCUT2D eigenvalue weighted by molar-refractivity contribution is 6.76. The second kappa shape index (κ2) is 13.3. The highest BCUT2D eigenvalue weighted by Crippen LogP contribution is 2.39. The number of amides is 1. The summed E-state index contributed by atoms with van der Waals surface area (Å²) >= 11 is 0. The van der Waals surface area contributed by atoms with Gasteiger partial charge in [-0.2, -0.15) is 18.3 Å². The minimum absolute atomic E-state index is 0.0603. The number of halogens is 3. The van der Waals surface area contributed by atoms with Crippen molar-refractivity contribution in [3.05, 3.63) is 48.0 Å². The number of H-pyrrole nitrogens is 1. The number of carbonyl (C=O) groups is 1. The van der Waals surface area contributed by atoms with Gasteiger partial charge in [0, 0.05) is 74.4 Å². The Hall–Kier alpha value is -3.91. The van der Waals surface area contributed by atoms with Crippen LogP contribution in [0.4, 0.5) is 23.9 Å². The zero-order valence-electron chi connectivity index (χ0n) is 28.1. The van der Waals surface area contributed by atoms with Crippen molar-refractivity contribution >= 4 is 31.0 Å². The van der Waals surface area contributed by atoms with Gasteiger partial charge in [0.15, 0.2) is 0 Å². The van der Waals surface area contributed by atoms with Crippen molar-refractivity contribution < 1.29 is 27.4 Å². The molecule has 1 fully saturated rings. The third-order valence-electron chi connectivity index (χ3n) is 7.91. The van der Waals surface area contributed by atoms with E-state index in [-0.39, 0.29) is 17.7 Å². The number of nitrogens with zero attached hydrogens (tertiary/aromatic N) is 5. The average molecular weight is 672 g/mol. The summed E-state index contributed by atoms with van der Waals surface area (Å²) < 4.78 is 55.8. The van der Waals surface area contributed by atoms with Crippen molar-refractivity contribution in [1.82, 2.24) is 29.6 Å². The monoisotopic (exact) mass is 671 g/mol. The molecule has 3 aromatic heterocycles. The van der Waals surface area contributed by atoms with E-state index in [4.69, 9.17) is 9.47 Å². The molecule has 0 bridgehead atoms. The summed E-state index contributed by atoms with van der Waals surface area (Å²) in [5, 5.41) is 8.35. The van der Waals surface area contributed by atoms with Gasteiger partial charge in [-0.05, 0) is 58.2 Å². The van der Waals surface area contributed by atoms with Gasteiger partial charge in [-0.1, -0.05) is 31.8 Å². The number of nitrogens with one attached hydrogen (secondary N) is 2. The predicted molar refractivity (Wildman–Crippen MR) is 179 cm³/mol. The van der Waals surface area contributed by atoms with Crippen LogP contribution in [0.25, 0.3) is 33.3 Å². The van der Waals surface area contributed by atoms with Gasteiger partial charge in [-0.3, -0.25) is 0 Å². The Kier molecular flexibility index (Phi) is 9.74. The SMILES string of the molecule is Cc1nn(COCC[Si](C)(C)C)cc1-c1ccc2c(-c3nc(N[C@H]4CCCN(C(=O)OC(C)(C)C)C4)ncc3C(F)(F)F)c[nH]c2c1. The van der Waals surface area contributed by atoms with Crippen LogP contribution in [0.15, 0.2) is 36.8 Å². The fourth-order valence-electron chi connectivity index (χ4n) is 5.53. The third-order valence-corrected chi connectivity index (χ3v) is 9.62. The summed E-state index contributed by atoms with van der Waals surface area (Å²) in [6.45, 7) is 16.1. The lowest BCUT2D eigenvalue weighted by molar-refractivity contribution is -0.137. The number of piperidine rings is 1. The first-order valence-corrected chi connectivity index (χ1v) is 19.6. The quantitative estimate of drug-likeness (QED) is 0.137. The molecule has 10 nitrogen and oxygen atoms in total. The van der Waals surface area contributed by atoms with Gasteiger partial charge >= 0.3 is 12.3 Å². The van der Waals surface area contributed by atoms with Crippen LogP contribution in [0.5, 0.6) is 0 Å². The molecule has 0 aliphatic carbocycles. The van der Waals surface area contributed by atoms with Crippen LogP contribution in [0.3, 0.4) is 0 Å². The normalized spacial score (nSPS) is 16.1. The number of hydrogen-bond donors (Lipinski definition) is 2. The van der Waals surface area contributed by atoms with Crippen LogP contribution < -0.4 is 5.32 Å². The molecule has 4 aromatic rings. The molecule has 0 unspecified atom stereocenters. The highest BCUT2D eigenvalue weighted by Gasteiger charge is 2.36. The number of benzene rings is 1. The van der Waals surface area contributed by atoms with Gasteiger partial charge in [0.05, 0.1) is 11.4 Å². The van der Waals surface area contributed by atoms with Crippen molar-refractivity contribution in [2.45, 2.75) is 90.8 Å². The number of likely N-dealkylation sites (tertiary alicyclic amines) is 1. The summed E-state index contributed by atoms with van der Waals surface area (Å²) in [6.07, 6.45) is 0.602. The molecule has 1 aromatic carbocycles. The largest absolute Gasteiger partial charge is 0.444 e. The minimum atomic E-state index is -4.67. The highest BCUT2D eigenvalue weighted by atomic mass is 28.3. The zero-order valence-corrected chi connectivity index (χ0v) is 29.1. The Labute approximate surface area is 274 Å². The van der Waals surface area contributed by atoms with Gasteiger partial charge in [0.1, 0.15) is 17.9 Å². The van der Waals surface area contributed by atoms with E-state index in [0.29, 0.717) is 55.7 Å². The van der Waals surface area contributed by atoms with Gasteiger partial charge in [0.25, 0.3) is 0 Å². The van der Waals surface area contributed by atoms with E-state index in [1.165, 1.54) is 0 Å².